The summed E-state index contributed by atoms with van der Waals surface area (Å²) in [5.41, 5.74) is 1.16. The van der Waals surface area contributed by atoms with Gasteiger partial charge in [-0.2, -0.15) is 0 Å². The lowest BCUT2D eigenvalue weighted by Crippen LogP contribution is -2.48. The molecule has 5 nitrogen and oxygen atoms in total. The number of aliphatic imine (C=N–C) groups is 1. The number of hydrogen-bond acceptors (Lipinski definition) is 4. The molecule has 2 N–H and O–H groups in total. The fourth-order valence-corrected chi connectivity index (χ4v) is 4.11. The van der Waals surface area contributed by atoms with Gasteiger partial charge in [0.15, 0.2) is 5.96 Å². The highest BCUT2D eigenvalue weighted by molar-refractivity contribution is 7.11. The number of benzene rings is 1. The first-order valence-electron chi connectivity index (χ1n) is 10.1. The summed E-state index contributed by atoms with van der Waals surface area (Å²) in [6.07, 6.45) is 5.12. The molecule has 0 radical (unpaired) electrons. The fourth-order valence-electron chi connectivity index (χ4n) is 3.33. The van der Waals surface area contributed by atoms with E-state index in [4.69, 9.17) is 4.99 Å². The van der Waals surface area contributed by atoms with Gasteiger partial charge in [-0.1, -0.05) is 19.1 Å². The van der Waals surface area contributed by atoms with E-state index in [1.807, 2.05) is 18.3 Å². The van der Waals surface area contributed by atoms with Crippen LogP contribution >= 0.6 is 11.3 Å². The lowest BCUT2D eigenvalue weighted by atomic mass is 10.0. The zero-order valence-electron chi connectivity index (χ0n) is 16.7. The minimum atomic E-state index is -0.175. The zero-order chi connectivity index (χ0) is 19.8. The smallest absolute Gasteiger partial charge is 0.191 e. The van der Waals surface area contributed by atoms with Gasteiger partial charge in [-0.05, 0) is 43.9 Å². The summed E-state index contributed by atoms with van der Waals surface area (Å²) in [6.45, 7) is 8.62. The Balaban J connectivity index is 1.47. The van der Waals surface area contributed by atoms with E-state index in [1.54, 1.807) is 11.3 Å². The van der Waals surface area contributed by atoms with Crippen LogP contribution in [0.1, 0.15) is 42.1 Å². The molecule has 0 aliphatic carbocycles. The average molecular weight is 404 g/mol. The van der Waals surface area contributed by atoms with Gasteiger partial charge in [0.05, 0.1) is 6.54 Å². The van der Waals surface area contributed by atoms with E-state index in [0.29, 0.717) is 12.6 Å². The van der Waals surface area contributed by atoms with Gasteiger partial charge in [-0.15, -0.1) is 11.3 Å². The lowest BCUT2D eigenvalue weighted by Gasteiger charge is -2.33. The van der Waals surface area contributed by atoms with Gasteiger partial charge in [0.1, 0.15) is 10.8 Å². The third-order valence-electron chi connectivity index (χ3n) is 4.91. The Hall–Kier alpha value is -1.99. The Bertz CT molecular complexity index is 750. The number of aryl methyl sites for hydroxylation is 1. The Morgan fingerprint density at radius 2 is 2.00 bits per heavy atom. The molecular formula is C21H30FN5S. The standard InChI is InChI=1S/C21H30FN5S/c1-3-19-13-24-20(28-19)14-25-21(23-4-2)26-18-9-11-27(12-10-18)15-16-5-7-17(22)8-6-16/h5-8,13,18H,3-4,9-12,14-15H2,1-2H3,(H2,23,25,26). The molecule has 0 spiro atoms. The first kappa shape index (κ1) is 20.7. The Labute approximate surface area is 171 Å². The molecule has 28 heavy (non-hydrogen) atoms. The van der Waals surface area contributed by atoms with E-state index in [-0.39, 0.29) is 5.82 Å². The van der Waals surface area contributed by atoms with Crippen LogP contribution in [0.4, 0.5) is 4.39 Å². The highest BCUT2D eigenvalue weighted by Crippen LogP contribution is 2.16. The summed E-state index contributed by atoms with van der Waals surface area (Å²) >= 11 is 1.74. The molecular weight excluding hydrogens is 373 g/mol. The van der Waals surface area contributed by atoms with Crippen molar-refractivity contribution >= 4 is 17.3 Å². The van der Waals surface area contributed by atoms with E-state index >= 15 is 0 Å². The minimum absolute atomic E-state index is 0.175. The predicted molar refractivity (Wildman–Crippen MR) is 114 cm³/mol. The molecule has 2 heterocycles. The molecule has 0 saturated carbocycles. The average Bonchev–Trinajstić information content (AvgIpc) is 3.18. The van der Waals surface area contributed by atoms with E-state index in [0.717, 1.165) is 62.0 Å². The van der Waals surface area contributed by atoms with Crippen LogP contribution in [0.5, 0.6) is 0 Å². The van der Waals surface area contributed by atoms with E-state index in [9.17, 15) is 4.39 Å². The first-order valence-corrected chi connectivity index (χ1v) is 10.9. The van der Waals surface area contributed by atoms with Crippen LogP contribution in [-0.2, 0) is 19.5 Å². The number of nitrogens with one attached hydrogen (secondary N) is 2. The third kappa shape index (κ3) is 6.27. The first-order chi connectivity index (χ1) is 13.7. The second-order valence-electron chi connectivity index (χ2n) is 7.09. The largest absolute Gasteiger partial charge is 0.357 e. The number of hydrogen-bond donors (Lipinski definition) is 2. The summed E-state index contributed by atoms with van der Waals surface area (Å²) < 4.78 is 13.0. The van der Waals surface area contributed by atoms with E-state index in [1.165, 1.54) is 17.0 Å². The SMILES string of the molecule is CCNC(=NCc1ncc(CC)s1)NC1CCN(Cc2ccc(F)cc2)CC1. The number of guanidine groups is 1. The molecule has 7 heteroatoms. The summed E-state index contributed by atoms with van der Waals surface area (Å²) in [7, 11) is 0. The highest BCUT2D eigenvalue weighted by atomic mass is 32.1. The number of piperidine rings is 1. The van der Waals surface area contributed by atoms with E-state index in [2.05, 4.69) is 34.4 Å². The van der Waals surface area contributed by atoms with Gasteiger partial charge in [0.25, 0.3) is 0 Å². The molecule has 2 aromatic rings. The lowest BCUT2D eigenvalue weighted by molar-refractivity contribution is 0.198. The minimum Gasteiger partial charge on any atom is -0.357 e. The number of aromatic nitrogens is 1. The van der Waals surface area contributed by atoms with Crippen LogP contribution in [0.3, 0.4) is 0 Å². The maximum absolute atomic E-state index is 13.0. The van der Waals surface area contributed by atoms with Gasteiger partial charge in [-0.3, -0.25) is 4.90 Å². The van der Waals surface area contributed by atoms with Gasteiger partial charge < -0.3 is 10.6 Å². The highest BCUT2D eigenvalue weighted by Gasteiger charge is 2.20. The number of nitrogens with zero attached hydrogens (tertiary/aromatic N) is 3. The van der Waals surface area contributed by atoms with Crippen molar-refractivity contribution in [1.29, 1.82) is 0 Å². The van der Waals surface area contributed by atoms with Crippen molar-refractivity contribution in [3.05, 3.63) is 51.7 Å². The number of halogens is 1. The van der Waals surface area contributed by atoms with Gasteiger partial charge in [0.2, 0.25) is 0 Å². The zero-order valence-corrected chi connectivity index (χ0v) is 17.6. The molecule has 0 amide bonds. The second-order valence-corrected chi connectivity index (χ2v) is 8.29. The second kappa shape index (κ2) is 10.5. The van der Waals surface area contributed by atoms with Crippen molar-refractivity contribution in [2.45, 2.75) is 52.2 Å². The number of thiazole rings is 1. The van der Waals surface area contributed by atoms with Crippen LogP contribution < -0.4 is 10.6 Å². The molecule has 0 atom stereocenters. The normalized spacial score (nSPS) is 16.3. The summed E-state index contributed by atoms with van der Waals surface area (Å²) in [4.78, 5) is 12.9. The third-order valence-corrected chi connectivity index (χ3v) is 6.04. The van der Waals surface area contributed by atoms with Crippen molar-refractivity contribution in [2.75, 3.05) is 19.6 Å². The monoisotopic (exact) mass is 403 g/mol. The summed E-state index contributed by atoms with van der Waals surface area (Å²) in [5, 5.41) is 7.98. The summed E-state index contributed by atoms with van der Waals surface area (Å²) in [5.74, 6) is 0.693. The molecule has 152 valence electrons. The fraction of sp³-hybridized carbons (Fsp3) is 0.524. The van der Waals surface area contributed by atoms with Gasteiger partial charge in [0, 0.05) is 43.3 Å². The van der Waals surface area contributed by atoms with Crippen molar-refractivity contribution in [3.63, 3.8) is 0 Å². The van der Waals surface area contributed by atoms with Crippen LogP contribution in [0.15, 0.2) is 35.5 Å². The Morgan fingerprint density at radius 3 is 2.64 bits per heavy atom. The van der Waals surface area contributed by atoms with Gasteiger partial charge in [-0.25, -0.2) is 14.4 Å². The predicted octanol–water partition coefficient (Wildman–Crippen LogP) is 3.56. The van der Waals surface area contributed by atoms with Crippen molar-refractivity contribution < 1.29 is 4.39 Å². The van der Waals surface area contributed by atoms with Crippen molar-refractivity contribution in [1.82, 2.24) is 20.5 Å². The topological polar surface area (TPSA) is 52.6 Å². The van der Waals surface area contributed by atoms with Crippen LogP contribution in [0.2, 0.25) is 0 Å². The van der Waals surface area contributed by atoms with Crippen LogP contribution in [0, 0.1) is 5.82 Å². The molecule has 3 rings (SSSR count). The number of likely N-dealkylation sites (tertiary alicyclic amines) is 1. The molecule has 0 bridgehead atoms. The van der Waals surface area contributed by atoms with Gasteiger partial charge >= 0.3 is 0 Å². The summed E-state index contributed by atoms with van der Waals surface area (Å²) in [6, 6.07) is 7.24. The molecule has 1 aromatic carbocycles. The molecule has 1 fully saturated rings. The molecule has 1 aliphatic heterocycles. The van der Waals surface area contributed by atoms with Crippen LogP contribution in [0.25, 0.3) is 0 Å². The maximum atomic E-state index is 13.0. The Kier molecular flexibility index (Phi) is 7.80. The molecule has 0 unspecified atom stereocenters. The maximum Gasteiger partial charge on any atom is 0.191 e. The number of rotatable bonds is 7. The van der Waals surface area contributed by atoms with Crippen molar-refractivity contribution in [2.24, 2.45) is 4.99 Å². The quantitative estimate of drug-likeness (QED) is 0.548. The van der Waals surface area contributed by atoms with Crippen molar-refractivity contribution in [3.8, 4) is 0 Å². The van der Waals surface area contributed by atoms with E-state index < -0.39 is 0 Å². The van der Waals surface area contributed by atoms with Crippen LogP contribution in [-0.4, -0.2) is 41.5 Å². The molecule has 1 aromatic heterocycles. The molecule has 1 aliphatic rings. The molecule has 1 saturated heterocycles. The Morgan fingerprint density at radius 1 is 1.25 bits per heavy atom.